The van der Waals surface area contributed by atoms with Crippen LogP contribution in [0.4, 0.5) is 0 Å². The summed E-state index contributed by atoms with van der Waals surface area (Å²) in [4.78, 5) is 13.3. The molecule has 4 saturated carbocycles. The van der Waals surface area contributed by atoms with Gasteiger partial charge >= 0.3 is 0 Å². The molecular weight excluding hydrogens is 388 g/mol. The summed E-state index contributed by atoms with van der Waals surface area (Å²) >= 11 is 0. The van der Waals surface area contributed by atoms with Gasteiger partial charge in [-0.1, -0.05) is 53.9 Å². The first kappa shape index (κ1) is 23.7. The van der Waals surface area contributed by atoms with Gasteiger partial charge in [0.05, 0.1) is 11.7 Å². The molecule has 4 aliphatic carbocycles. The monoisotopic (exact) mass is 434 g/mol. The minimum Gasteiger partial charge on any atom is -0.393 e. The molecule has 0 bridgehead atoms. The van der Waals surface area contributed by atoms with Crippen LogP contribution in [0.15, 0.2) is 0 Å². The first-order valence-corrected chi connectivity index (χ1v) is 13.1. The fourth-order valence-electron chi connectivity index (χ4n) is 8.97. The van der Waals surface area contributed by atoms with Crippen molar-refractivity contribution >= 4 is 5.78 Å². The Kier molecular flexibility index (Phi) is 6.19. The van der Waals surface area contributed by atoms with Crippen molar-refractivity contribution in [3.05, 3.63) is 0 Å². The third kappa shape index (κ3) is 3.46. The zero-order valence-electron chi connectivity index (χ0n) is 20.4. The van der Waals surface area contributed by atoms with E-state index in [2.05, 4.69) is 34.6 Å². The highest BCUT2D eigenvalue weighted by Gasteiger charge is 2.71. The van der Waals surface area contributed by atoms with E-state index in [1.54, 1.807) is 0 Å². The molecule has 0 unspecified atom stereocenters. The second-order valence-electron chi connectivity index (χ2n) is 12.8. The van der Waals surface area contributed by atoms with Gasteiger partial charge in [0.1, 0.15) is 6.10 Å². The number of carbonyl (C=O) groups is 1. The molecule has 10 atom stereocenters. The number of hydrogen-bond acceptors (Lipinski definition) is 4. The molecule has 4 heteroatoms. The van der Waals surface area contributed by atoms with Crippen LogP contribution in [0.2, 0.25) is 0 Å². The van der Waals surface area contributed by atoms with Crippen LogP contribution in [0.5, 0.6) is 0 Å². The summed E-state index contributed by atoms with van der Waals surface area (Å²) in [5, 5.41) is 33.7. The molecule has 4 fully saturated rings. The summed E-state index contributed by atoms with van der Waals surface area (Å²) in [6, 6.07) is 0. The number of ketones is 1. The number of hydrogen-bond donors (Lipinski definition) is 3. The molecule has 31 heavy (non-hydrogen) atoms. The Balaban J connectivity index is 1.60. The predicted octanol–water partition coefficient (Wildman–Crippen LogP) is 4.73. The smallest absolute Gasteiger partial charge is 0.165 e. The Bertz CT molecular complexity index is 691. The molecular formula is C27H46O4. The highest BCUT2D eigenvalue weighted by Crippen LogP contribution is 2.69. The van der Waals surface area contributed by atoms with Crippen LogP contribution in [0.3, 0.4) is 0 Å². The van der Waals surface area contributed by atoms with Gasteiger partial charge in [0, 0.05) is 17.3 Å². The normalized spacial score (nSPS) is 50.7. The maximum atomic E-state index is 13.3. The van der Waals surface area contributed by atoms with Gasteiger partial charge in [-0.2, -0.15) is 0 Å². The minimum absolute atomic E-state index is 0.0901. The van der Waals surface area contributed by atoms with E-state index < -0.39 is 29.1 Å². The van der Waals surface area contributed by atoms with Gasteiger partial charge in [-0.05, 0) is 74.0 Å². The number of fused-ring (bicyclic) bond motifs is 5. The summed E-state index contributed by atoms with van der Waals surface area (Å²) in [5.74, 6) is 1.29. The second-order valence-corrected chi connectivity index (χ2v) is 12.8. The third-order valence-corrected chi connectivity index (χ3v) is 10.9. The van der Waals surface area contributed by atoms with Gasteiger partial charge in [-0.3, -0.25) is 4.79 Å². The lowest BCUT2D eigenvalue weighted by atomic mass is 9.41. The van der Waals surface area contributed by atoms with Crippen LogP contribution in [0, 0.1) is 46.3 Å². The lowest BCUT2D eigenvalue weighted by molar-refractivity contribution is -0.257. The molecule has 4 rings (SSSR count). The van der Waals surface area contributed by atoms with Gasteiger partial charge in [-0.25, -0.2) is 0 Å². The van der Waals surface area contributed by atoms with E-state index in [0.29, 0.717) is 37.5 Å². The molecule has 4 nitrogen and oxygen atoms in total. The van der Waals surface area contributed by atoms with Crippen molar-refractivity contribution in [3.63, 3.8) is 0 Å². The summed E-state index contributed by atoms with van der Waals surface area (Å²) in [6.45, 7) is 11.5. The van der Waals surface area contributed by atoms with E-state index in [0.717, 1.165) is 25.2 Å². The second kappa shape index (κ2) is 8.09. The van der Waals surface area contributed by atoms with E-state index >= 15 is 0 Å². The molecule has 0 heterocycles. The molecule has 3 N–H and O–H groups in total. The first-order valence-electron chi connectivity index (χ1n) is 13.1. The zero-order valence-corrected chi connectivity index (χ0v) is 20.4. The minimum atomic E-state index is -1.09. The van der Waals surface area contributed by atoms with Crippen molar-refractivity contribution in [1.82, 2.24) is 0 Å². The largest absolute Gasteiger partial charge is 0.393 e. The average Bonchev–Trinajstić information content (AvgIpc) is 3.05. The molecule has 0 saturated heterocycles. The molecule has 4 aliphatic rings. The van der Waals surface area contributed by atoms with Crippen molar-refractivity contribution in [2.24, 2.45) is 46.3 Å². The van der Waals surface area contributed by atoms with Crippen molar-refractivity contribution in [1.29, 1.82) is 0 Å². The van der Waals surface area contributed by atoms with Crippen molar-refractivity contribution in [3.8, 4) is 0 Å². The van der Waals surface area contributed by atoms with Gasteiger partial charge in [-0.15, -0.1) is 0 Å². The SMILES string of the molecule is CC(C)CCC[C@@H](C)[C@H]1CC[C@H]2[C@@H]3[C@H](O)C(=O)[C@H]4C[C@@H](O)CC[C@]4(C)[C@@]3(O)CC[C@]12C. The van der Waals surface area contributed by atoms with Gasteiger partial charge in [0.25, 0.3) is 0 Å². The molecule has 0 aromatic rings. The molecule has 0 amide bonds. The average molecular weight is 435 g/mol. The number of carbonyl (C=O) groups excluding carboxylic acids is 1. The quantitative estimate of drug-likeness (QED) is 0.584. The highest BCUT2D eigenvalue weighted by molar-refractivity contribution is 5.88. The zero-order chi connectivity index (χ0) is 22.8. The molecule has 0 radical (unpaired) electrons. The van der Waals surface area contributed by atoms with Crippen LogP contribution in [-0.4, -0.2) is 38.9 Å². The van der Waals surface area contributed by atoms with E-state index in [1.807, 2.05) is 0 Å². The van der Waals surface area contributed by atoms with Crippen LogP contribution in [0.1, 0.15) is 98.8 Å². The number of aliphatic hydroxyl groups is 3. The predicted molar refractivity (Wildman–Crippen MR) is 122 cm³/mol. The van der Waals surface area contributed by atoms with Gasteiger partial charge in [0.15, 0.2) is 5.78 Å². The van der Waals surface area contributed by atoms with Gasteiger partial charge in [0.2, 0.25) is 0 Å². The van der Waals surface area contributed by atoms with Crippen LogP contribution in [-0.2, 0) is 4.79 Å². The third-order valence-electron chi connectivity index (χ3n) is 10.9. The Morgan fingerprint density at radius 2 is 1.71 bits per heavy atom. The summed E-state index contributed by atoms with van der Waals surface area (Å²) in [7, 11) is 0. The Hall–Kier alpha value is -0.450. The Morgan fingerprint density at radius 3 is 2.39 bits per heavy atom. The van der Waals surface area contributed by atoms with E-state index in [1.165, 1.54) is 19.3 Å². The summed E-state index contributed by atoms with van der Waals surface area (Å²) < 4.78 is 0. The fourth-order valence-corrected chi connectivity index (χ4v) is 8.97. The Labute approximate surface area is 189 Å². The maximum absolute atomic E-state index is 13.3. The van der Waals surface area contributed by atoms with E-state index in [9.17, 15) is 20.1 Å². The van der Waals surface area contributed by atoms with E-state index in [-0.39, 0.29) is 23.0 Å². The molecule has 0 aliphatic heterocycles. The van der Waals surface area contributed by atoms with Crippen molar-refractivity contribution < 1.29 is 20.1 Å². The lowest BCUT2D eigenvalue weighted by Crippen LogP contribution is -2.72. The lowest BCUT2D eigenvalue weighted by Gasteiger charge is -2.65. The van der Waals surface area contributed by atoms with Crippen LogP contribution >= 0.6 is 0 Å². The topological polar surface area (TPSA) is 77.8 Å². The standard InChI is InChI=1S/C27H46O4/c1-16(2)7-6-8-17(3)19-9-10-20-22-24(30)23(29)21-15-18(28)11-12-26(21,5)27(22,31)14-13-25(19,20)4/h16-22,24,28,30-31H,6-15H2,1-5H3/t17-,18+,19-,20+,21-,22-,24+,25-,26+,27-/m1/s1. The molecule has 178 valence electrons. The maximum Gasteiger partial charge on any atom is 0.165 e. The first-order chi connectivity index (χ1) is 14.5. The molecule has 0 aromatic carbocycles. The molecule has 0 spiro atoms. The van der Waals surface area contributed by atoms with Crippen molar-refractivity contribution in [2.45, 2.75) is 117 Å². The summed E-state index contributed by atoms with van der Waals surface area (Å²) in [6.07, 6.45) is 7.73. The van der Waals surface area contributed by atoms with Crippen LogP contribution in [0.25, 0.3) is 0 Å². The van der Waals surface area contributed by atoms with Crippen molar-refractivity contribution in [2.75, 3.05) is 0 Å². The van der Waals surface area contributed by atoms with Crippen LogP contribution < -0.4 is 0 Å². The van der Waals surface area contributed by atoms with E-state index in [4.69, 9.17) is 0 Å². The Morgan fingerprint density at radius 1 is 1.00 bits per heavy atom. The van der Waals surface area contributed by atoms with Gasteiger partial charge < -0.3 is 15.3 Å². The highest BCUT2D eigenvalue weighted by atomic mass is 16.3. The fraction of sp³-hybridized carbons (Fsp3) is 0.963. The number of rotatable bonds is 5. The number of Topliss-reactive ketones (excluding diaryl/α,β-unsaturated/α-hetero) is 1. The number of aliphatic hydroxyl groups excluding tert-OH is 2. The summed E-state index contributed by atoms with van der Waals surface area (Å²) in [5.41, 5.74) is -1.45. The molecule has 0 aromatic heterocycles.